The number of aromatic nitrogens is 2. The molecule has 0 aliphatic rings. The van der Waals surface area contributed by atoms with Crippen LogP contribution in [-0.2, 0) is 0 Å². The van der Waals surface area contributed by atoms with Gasteiger partial charge in [0.25, 0.3) is 0 Å². The van der Waals surface area contributed by atoms with E-state index < -0.39 is 0 Å². The number of benzene rings is 1. The minimum atomic E-state index is 0.276. The van der Waals surface area contributed by atoms with Crippen LogP contribution >= 0.6 is 27.5 Å². The van der Waals surface area contributed by atoms with Crippen molar-refractivity contribution in [3.8, 4) is 0 Å². The van der Waals surface area contributed by atoms with Gasteiger partial charge in [0.2, 0.25) is 0 Å². The van der Waals surface area contributed by atoms with Gasteiger partial charge < -0.3 is 5.32 Å². The van der Waals surface area contributed by atoms with Crippen LogP contribution in [0.5, 0.6) is 0 Å². The van der Waals surface area contributed by atoms with E-state index in [1.165, 1.54) is 0 Å². The van der Waals surface area contributed by atoms with E-state index in [1.54, 1.807) is 0 Å². The second-order valence-corrected chi connectivity index (χ2v) is 5.92. The van der Waals surface area contributed by atoms with E-state index in [1.807, 2.05) is 31.2 Å². The zero-order chi connectivity index (χ0) is 14.0. The van der Waals surface area contributed by atoms with Crippen molar-refractivity contribution in [3.63, 3.8) is 0 Å². The van der Waals surface area contributed by atoms with Gasteiger partial charge in [0.1, 0.15) is 16.2 Å². The number of halogens is 2. The molecule has 0 fully saturated rings. The Labute approximate surface area is 126 Å². The minimum Gasteiger partial charge on any atom is -0.340 e. The molecule has 0 saturated heterocycles. The van der Waals surface area contributed by atoms with Crippen molar-refractivity contribution < 1.29 is 0 Å². The maximum absolute atomic E-state index is 6.01. The molecular formula is C14H15BrClN3. The Bertz CT molecular complexity index is 599. The van der Waals surface area contributed by atoms with Crippen LogP contribution in [0.2, 0.25) is 5.02 Å². The first-order valence-electron chi connectivity index (χ1n) is 6.03. The number of nitrogens with zero attached hydrogens (tertiary/aromatic N) is 2. The maximum Gasteiger partial charge on any atom is 0.135 e. The van der Waals surface area contributed by atoms with Crippen LogP contribution in [0.15, 0.2) is 28.9 Å². The van der Waals surface area contributed by atoms with Crippen LogP contribution in [0.4, 0.5) is 11.5 Å². The summed E-state index contributed by atoms with van der Waals surface area (Å²) in [6, 6.07) is 7.59. The first-order valence-corrected chi connectivity index (χ1v) is 7.20. The molecule has 1 N–H and O–H groups in total. The van der Waals surface area contributed by atoms with Gasteiger partial charge in [0.05, 0.1) is 0 Å². The molecule has 19 heavy (non-hydrogen) atoms. The van der Waals surface area contributed by atoms with E-state index in [9.17, 15) is 0 Å². The van der Waals surface area contributed by atoms with E-state index in [-0.39, 0.29) is 5.92 Å². The Morgan fingerprint density at radius 2 is 1.95 bits per heavy atom. The fourth-order valence-corrected chi connectivity index (χ4v) is 2.19. The lowest BCUT2D eigenvalue weighted by molar-refractivity contribution is 0.771. The van der Waals surface area contributed by atoms with Crippen molar-refractivity contribution in [2.24, 2.45) is 0 Å². The molecule has 0 spiro atoms. The molecule has 5 heteroatoms. The molecule has 1 aromatic heterocycles. The van der Waals surface area contributed by atoms with E-state index in [2.05, 4.69) is 45.1 Å². The van der Waals surface area contributed by atoms with Crippen LogP contribution < -0.4 is 5.32 Å². The summed E-state index contributed by atoms with van der Waals surface area (Å²) in [4.78, 5) is 8.86. The van der Waals surface area contributed by atoms with Crippen LogP contribution in [0.3, 0.4) is 0 Å². The maximum atomic E-state index is 6.01. The highest BCUT2D eigenvalue weighted by Crippen LogP contribution is 2.25. The first kappa shape index (κ1) is 14.3. The molecule has 0 aliphatic heterocycles. The van der Waals surface area contributed by atoms with Gasteiger partial charge in [-0.1, -0.05) is 31.5 Å². The topological polar surface area (TPSA) is 37.8 Å². The zero-order valence-electron chi connectivity index (χ0n) is 11.0. The predicted octanol–water partition coefficient (Wildman–Crippen LogP) is 5.07. The Hall–Kier alpha value is -1.13. The third kappa shape index (κ3) is 3.67. The van der Waals surface area contributed by atoms with Gasteiger partial charge >= 0.3 is 0 Å². The molecule has 2 aromatic rings. The second-order valence-electron chi connectivity index (χ2n) is 4.67. The fraction of sp³-hybridized carbons (Fsp3) is 0.286. The van der Waals surface area contributed by atoms with Gasteiger partial charge in [0, 0.05) is 22.7 Å². The van der Waals surface area contributed by atoms with E-state index in [4.69, 9.17) is 11.6 Å². The normalized spacial score (nSPS) is 10.8. The highest BCUT2D eigenvalue weighted by Gasteiger charge is 2.08. The van der Waals surface area contributed by atoms with E-state index in [0.717, 1.165) is 27.5 Å². The van der Waals surface area contributed by atoms with Crippen LogP contribution in [-0.4, -0.2) is 9.97 Å². The average Bonchev–Trinajstić information content (AvgIpc) is 2.33. The largest absolute Gasteiger partial charge is 0.340 e. The molecule has 0 bridgehead atoms. The quantitative estimate of drug-likeness (QED) is 0.793. The van der Waals surface area contributed by atoms with Crippen molar-refractivity contribution in [1.29, 1.82) is 0 Å². The highest BCUT2D eigenvalue weighted by atomic mass is 79.9. The second kappa shape index (κ2) is 5.88. The molecule has 1 aromatic carbocycles. The van der Waals surface area contributed by atoms with Gasteiger partial charge in [-0.05, 0) is 40.5 Å². The average molecular weight is 341 g/mol. The Morgan fingerprint density at radius 3 is 2.63 bits per heavy atom. The number of hydrogen-bond acceptors (Lipinski definition) is 3. The highest BCUT2D eigenvalue weighted by molar-refractivity contribution is 9.10. The summed E-state index contributed by atoms with van der Waals surface area (Å²) in [6.07, 6.45) is 0. The predicted molar refractivity (Wildman–Crippen MR) is 83.3 cm³/mol. The molecular weight excluding hydrogens is 326 g/mol. The molecule has 0 aliphatic carbocycles. The van der Waals surface area contributed by atoms with Crippen LogP contribution in [0, 0.1) is 6.92 Å². The number of hydrogen-bond donors (Lipinski definition) is 1. The van der Waals surface area contributed by atoms with Gasteiger partial charge in [-0.3, -0.25) is 0 Å². The lowest BCUT2D eigenvalue weighted by Gasteiger charge is -2.12. The summed E-state index contributed by atoms with van der Waals surface area (Å²) in [5, 5.41) is 3.98. The third-order valence-corrected chi connectivity index (χ3v) is 3.33. The molecule has 0 atom stereocenters. The fourth-order valence-electron chi connectivity index (χ4n) is 1.62. The summed E-state index contributed by atoms with van der Waals surface area (Å²) in [5.41, 5.74) is 2.07. The van der Waals surface area contributed by atoms with E-state index in [0.29, 0.717) is 5.02 Å². The minimum absolute atomic E-state index is 0.276. The van der Waals surface area contributed by atoms with Crippen molar-refractivity contribution in [1.82, 2.24) is 9.97 Å². The smallest absolute Gasteiger partial charge is 0.135 e. The Kier molecular flexibility index (Phi) is 4.42. The standard InChI is InChI=1S/C14H15BrClN3/c1-8(2)14-18-12(15)7-13(19-14)17-11-6-10(16)5-4-9(11)3/h4-8H,1-3H3,(H,17,18,19). The Balaban J connectivity index is 2.35. The molecule has 0 amide bonds. The molecule has 0 saturated carbocycles. The van der Waals surface area contributed by atoms with Gasteiger partial charge in [0.15, 0.2) is 0 Å². The van der Waals surface area contributed by atoms with Gasteiger partial charge in [-0.15, -0.1) is 0 Å². The number of nitrogens with one attached hydrogen (secondary N) is 1. The first-order chi connectivity index (χ1) is 8.95. The van der Waals surface area contributed by atoms with Crippen LogP contribution in [0.25, 0.3) is 0 Å². The van der Waals surface area contributed by atoms with Crippen LogP contribution in [0.1, 0.15) is 31.2 Å². The number of aryl methyl sites for hydroxylation is 1. The number of anilines is 2. The SMILES string of the molecule is Cc1ccc(Cl)cc1Nc1cc(Br)nc(C(C)C)n1. The van der Waals surface area contributed by atoms with Crippen molar-refractivity contribution in [2.75, 3.05) is 5.32 Å². The molecule has 1 heterocycles. The monoisotopic (exact) mass is 339 g/mol. The molecule has 3 nitrogen and oxygen atoms in total. The van der Waals surface area contributed by atoms with E-state index >= 15 is 0 Å². The van der Waals surface area contributed by atoms with Gasteiger partial charge in [-0.2, -0.15) is 0 Å². The summed E-state index contributed by atoms with van der Waals surface area (Å²) in [5.74, 6) is 1.84. The molecule has 0 radical (unpaired) electrons. The summed E-state index contributed by atoms with van der Waals surface area (Å²) in [6.45, 7) is 6.16. The lowest BCUT2D eigenvalue weighted by atomic mass is 10.2. The zero-order valence-corrected chi connectivity index (χ0v) is 13.4. The summed E-state index contributed by atoms with van der Waals surface area (Å²) < 4.78 is 0.772. The van der Waals surface area contributed by atoms with Crippen molar-refractivity contribution in [2.45, 2.75) is 26.7 Å². The summed E-state index contributed by atoms with van der Waals surface area (Å²) >= 11 is 9.42. The third-order valence-electron chi connectivity index (χ3n) is 2.69. The molecule has 2 rings (SSSR count). The van der Waals surface area contributed by atoms with Crippen molar-refractivity contribution >= 4 is 39.0 Å². The molecule has 100 valence electrons. The lowest BCUT2D eigenvalue weighted by Crippen LogP contribution is -2.03. The summed E-state index contributed by atoms with van der Waals surface area (Å²) in [7, 11) is 0. The van der Waals surface area contributed by atoms with Gasteiger partial charge in [-0.25, -0.2) is 9.97 Å². The molecule has 0 unspecified atom stereocenters. The Morgan fingerprint density at radius 1 is 1.21 bits per heavy atom. The number of rotatable bonds is 3. The van der Waals surface area contributed by atoms with Crippen molar-refractivity contribution in [3.05, 3.63) is 45.3 Å².